The minimum Gasteiger partial charge on any atom is -0.484 e. The summed E-state index contributed by atoms with van der Waals surface area (Å²) in [6.45, 7) is 3.76. The van der Waals surface area contributed by atoms with Gasteiger partial charge in [-0.05, 0) is 43.5 Å². The normalized spacial score (nSPS) is 15.0. The summed E-state index contributed by atoms with van der Waals surface area (Å²) in [7, 11) is 0. The molecule has 2 N–H and O–H groups in total. The number of hydrogen-bond donors (Lipinski definition) is 1. The summed E-state index contributed by atoms with van der Waals surface area (Å²) >= 11 is 0. The third-order valence-electron chi connectivity index (χ3n) is 3.06. The highest BCUT2D eigenvalue weighted by Gasteiger charge is 2.17. The molecule has 17 heavy (non-hydrogen) atoms. The Balaban J connectivity index is 1.88. The van der Waals surface area contributed by atoms with Gasteiger partial charge in [-0.3, -0.25) is 4.79 Å². The van der Waals surface area contributed by atoms with E-state index < -0.39 is 0 Å². The molecule has 0 bridgehead atoms. The Labute approximate surface area is 101 Å². The van der Waals surface area contributed by atoms with E-state index in [0.29, 0.717) is 5.75 Å². The van der Waals surface area contributed by atoms with Crippen LogP contribution in [-0.2, 0) is 4.79 Å². The molecule has 1 saturated heterocycles. The second kappa shape index (κ2) is 5.08. The summed E-state index contributed by atoms with van der Waals surface area (Å²) < 4.78 is 5.47. The monoisotopic (exact) mass is 234 g/mol. The first-order valence-corrected chi connectivity index (χ1v) is 5.93. The van der Waals surface area contributed by atoms with Crippen LogP contribution in [0.2, 0.25) is 0 Å². The molecule has 0 aromatic heterocycles. The number of ether oxygens (including phenoxy) is 1. The molecule has 0 aliphatic carbocycles. The van der Waals surface area contributed by atoms with Gasteiger partial charge in [-0.1, -0.05) is 0 Å². The highest BCUT2D eigenvalue weighted by Crippen LogP contribution is 2.18. The van der Waals surface area contributed by atoms with Crippen molar-refractivity contribution in [1.82, 2.24) is 4.90 Å². The van der Waals surface area contributed by atoms with Gasteiger partial charge in [-0.25, -0.2) is 0 Å². The minimum atomic E-state index is 0.0666. The third kappa shape index (κ3) is 2.90. The van der Waals surface area contributed by atoms with Gasteiger partial charge in [0.2, 0.25) is 0 Å². The van der Waals surface area contributed by atoms with E-state index in [1.807, 2.05) is 17.9 Å². The number of benzene rings is 1. The second-order valence-corrected chi connectivity index (χ2v) is 4.39. The van der Waals surface area contributed by atoms with Crippen LogP contribution < -0.4 is 10.5 Å². The fourth-order valence-electron chi connectivity index (χ4n) is 1.94. The molecule has 2 rings (SSSR count). The van der Waals surface area contributed by atoms with E-state index in [1.54, 1.807) is 12.1 Å². The van der Waals surface area contributed by atoms with Gasteiger partial charge < -0.3 is 15.4 Å². The molecule has 1 heterocycles. The Bertz CT molecular complexity index is 412. The standard InChI is InChI=1S/C13H18N2O2/c1-10-8-11(4-5-12(10)14)17-9-13(16)15-6-2-3-7-15/h4-5,8H,2-3,6-7,9,14H2,1H3. The number of nitrogen functional groups attached to an aromatic ring is 1. The van der Waals surface area contributed by atoms with Gasteiger partial charge in [0.25, 0.3) is 5.91 Å². The van der Waals surface area contributed by atoms with E-state index in [2.05, 4.69) is 0 Å². The van der Waals surface area contributed by atoms with Gasteiger partial charge in [-0.15, -0.1) is 0 Å². The molecule has 1 aromatic rings. The summed E-state index contributed by atoms with van der Waals surface area (Å²) in [4.78, 5) is 13.6. The SMILES string of the molecule is Cc1cc(OCC(=O)N2CCCC2)ccc1N. The van der Waals surface area contributed by atoms with E-state index in [4.69, 9.17) is 10.5 Å². The van der Waals surface area contributed by atoms with Crippen molar-refractivity contribution in [2.75, 3.05) is 25.4 Å². The number of rotatable bonds is 3. The van der Waals surface area contributed by atoms with Crippen LogP contribution in [0.5, 0.6) is 5.75 Å². The zero-order valence-electron chi connectivity index (χ0n) is 10.1. The lowest BCUT2D eigenvalue weighted by atomic mass is 10.2. The van der Waals surface area contributed by atoms with Crippen LogP contribution in [0.1, 0.15) is 18.4 Å². The van der Waals surface area contributed by atoms with Gasteiger partial charge in [0.1, 0.15) is 5.75 Å². The fourth-order valence-corrected chi connectivity index (χ4v) is 1.94. The lowest BCUT2D eigenvalue weighted by molar-refractivity contribution is -0.132. The second-order valence-electron chi connectivity index (χ2n) is 4.39. The molecule has 1 aliphatic rings. The predicted molar refractivity (Wildman–Crippen MR) is 66.9 cm³/mol. The quantitative estimate of drug-likeness (QED) is 0.808. The summed E-state index contributed by atoms with van der Waals surface area (Å²) in [5.41, 5.74) is 7.42. The maximum Gasteiger partial charge on any atom is 0.260 e. The number of anilines is 1. The number of aryl methyl sites for hydroxylation is 1. The largest absolute Gasteiger partial charge is 0.484 e. The Kier molecular flexibility index (Phi) is 3.52. The molecule has 1 aromatic carbocycles. The highest BCUT2D eigenvalue weighted by atomic mass is 16.5. The average Bonchev–Trinajstić information content (AvgIpc) is 2.84. The average molecular weight is 234 g/mol. The van der Waals surface area contributed by atoms with E-state index in [1.165, 1.54) is 0 Å². The number of nitrogens with zero attached hydrogens (tertiary/aromatic N) is 1. The molecule has 0 radical (unpaired) electrons. The van der Waals surface area contributed by atoms with Crippen molar-refractivity contribution in [1.29, 1.82) is 0 Å². The number of nitrogens with two attached hydrogens (primary N) is 1. The van der Waals surface area contributed by atoms with Crippen molar-refractivity contribution >= 4 is 11.6 Å². The lowest BCUT2D eigenvalue weighted by Crippen LogP contribution is -2.32. The Morgan fingerprint density at radius 3 is 2.76 bits per heavy atom. The molecule has 0 saturated carbocycles. The smallest absolute Gasteiger partial charge is 0.260 e. The summed E-state index contributed by atoms with van der Waals surface area (Å²) in [6.07, 6.45) is 2.21. The maximum atomic E-state index is 11.7. The summed E-state index contributed by atoms with van der Waals surface area (Å²) in [5.74, 6) is 0.765. The molecule has 0 unspecified atom stereocenters. The van der Waals surface area contributed by atoms with Gasteiger partial charge in [0, 0.05) is 18.8 Å². The van der Waals surface area contributed by atoms with Crippen LogP contribution >= 0.6 is 0 Å². The molecule has 1 amide bonds. The molecule has 0 spiro atoms. The maximum absolute atomic E-state index is 11.7. The van der Waals surface area contributed by atoms with E-state index in [0.717, 1.165) is 37.2 Å². The van der Waals surface area contributed by atoms with Crippen molar-refractivity contribution in [2.24, 2.45) is 0 Å². The lowest BCUT2D eigenvalue weighted by Gasteiger charge is -2.15. The van der Waals surface area contributed by atoms with Crippen LogP contribution in [-0.4, -0.2) is 30.5 Å². The fraction of sp³-hybridized carbons (Fsp3) is 0.462. The molecule has 92 valence electrons. The number of hydrogen-bond acceptors (Lipinski definition) is 3. The molecule has 1 fully saturated rings. The van der Waals surface area contributed by atoms with Crippen molar-refractivity contribution in [3.8, 4) is 5.75 Å². The first-order chi connectivity index (χ1) is 8.16. The molecule has 4 heteroatoms. The van der Waals surface area contributed by atoms with Crippen molar-refractivity contribution in [2.45, 2.75) is 19.8 Å². The third-order valence-corrected chi connectivity index (χ3v) is 3.06. The number of carbonyl (C=O) groups is 1. The van der Waals surface area contributed by atoms with Crippen LogP contribution in [0.15, 0.2) is 18.2 Å². The Hall–Kier alpha value is -1.71. The molecular weight excluding hydrogens is 216 g/mol. The first kappa shape index (κ1) is 11.8. The highest BCUT2D eigenvalue weighted by molar-refractivity contribution is 5.78. The zero-order chi connectivity index (χ0) is 12.3. The van der Waals surface area contributed by atoms with Crippen molar-refractivity contribution < 1.29 is 9.53 Å². The first-order valence-electron chi connectivity index (χ1n) is 5.93. The minimum absolute atomic E-state index is 0.0666. The predicted octanol–water partition coefficient (Wildman–Crippen LogP) is 1.58. The Morgan fingerprint density at radius 1 is 1.41 bits per heavy atom. The van der Waals surface area contributed by atoms with Crippen LogP contribution in [0.25, 0.3) is 0 Å². The van der Waals surface area contributed by atoms with Gasteiger partial charge in [-0.2, -0.15) is 0 Å². The van der Waals surface area contributed by atoms with Crippen LogP contribution in [0.3, 0.4) is 0 Å². The van der Waals surface area contributed by atoms with Gasteiger partial charge in [0.15, 0.2) is 6.61 Å². The summed E-state index contributed by atoms with van der Waals surface area (Å²) in [6, 6.07) is 5.44. The summed E-state index contributed by atoms with van der Waals surface area (Å²) in [5, 5.41) is 0. The van der Waals surface area contributed by atoms with Crippen molar-refractivity contribution in [3.63, 3.8) is 0 Å². The molecular formula is C13H18N2O2. The zero-order valence-corrected chi connectivity index (χ0v) is 10.1. The number of likely N-dealkylation sites (tertiary alicyclic amines) is 1. The van der Waals surface area contributed by atoms with Crippen LogP contribution in [0.4, 0.5) is 5.69 Å². The molecule has 1 aliphatic heterocycles. The van der Waals surface area contributed by atoms with Crippen molar-refractivity contribution in [3.05, 3.63) is 23.8 Å². The molecule has 0 atom stereocenters. The molecule has 4 nitrogen and oxygen atoms in total. The van der Waals surface area contributed by atoms with Crippen LogP contribution in [0, 0.1) is 6.92 Å². The number of amides is 1. The van der Waals surface area contributed by atoms with E-state index in [9.17, 15) is 4.79 Å². The van der Waals surface area contributed by atoms with E-state index in [-0.39, 0.29) is 12.5 Å². The Morgan fingerprint density at radius 2 is 2.12 bits per heavy atom. The van der Waals surface area contributed by atoms with E-state index >= 15 is 0 Å². The topological polar surface area (TPSA) is 55.6 Å². The number of carbonyl (C=O) groups excluding carboxylic acids is 1. The van der Waals surface area contributed by atoms with Gasteiger partial charge in [0.05, 0.1) is 0 Å². The van der Waals surface area contributed by atoms with Gasteiger partial charge >= 0.3 is 0 Å².